The average Bonchev–Trinajstić information content (AvgIpc) is 2.93. The summed E-state index contributed by atoms with van der Waals surface area (Å²) in [5.74, 6) is -0.337. The van der Waals surface area contributed by atoms with Gasteiger partial charge in [-0.05, 0) is 44.5 Å². The van der Waals surface area contributed by atoms with Crippen LogP contribution in [-0.2, 0) is 4.79 Å². The topological polar surface area (TPSA) is 70.2 Å². The lowest BCUT2D eigenvalue weighted by Crippen LogP contribution is -2.29. The van der Waals surface area contributed by atoms with Gasteiger partial charge in [0.15, 0.2) is 0 Å². The smallest absolute Gasteiger partial charge is 0.253 e. The van der Waals surface area contributed by atoms with Crippen molar-refractivity contribution in [1.29, 1.82) is 0 Å². The summed E-state index contributed by atoms with van der Waals surface area (Å²) in [6, 6.07) is 5.11. The van der Waals surface area contributed by atoms with Crippen LogP contribution in [-0.4, -0.2) is 30.9 Å². The summed E-state index contributed by atoms with van der Waals surface area (Å²) in [6.07, 6.45) is 2.53. The fourth-order valence-corrected chi connectivity index (χ4v) is 2.60. The minimum absolute atomic E-state index is 0.0951. The van der Waals surface area contributed by atoms with Crippen LogP contribution in [0, 0.1) is 0 Å². The lowest BCUT2D eigenvalue weighted by Gasteiger charge is -2.13. The Kier molecular flexibility index (Phi) is 5.59. The molecule has 1 aliphatic rings. The largest absolute Gasteiger partial charge is 0.352 e. The van der Waals surface area contributed by atoms with E-state index < -0.39 is 0 Å². The molecule has 2 amide bonds. The van der Waals surface area contributed by atoms with E-state index in [2.05, 4.69) is 16.0 Å². The van der Waals surface area contributed by atoms with Crippen molar-refractivity contribution >= 4 is 29.1 Å². The van der Waals surface area contributed by atoms with Gasteiger partial charge < -0.3 is 16.0 Å². The molecule has 0 spiro atoms. The maximum atomic E-state index is 12.1. The van der Waals surface area contributed by atoms with Crippen molar-refractivity contribution < 1.29 is 9.59 Å². The van der Waals surface area contributed by atoms with Crippen LogP contribution in [0.2, 0.25) is 5.02 Å². The van der Waals surface area contributed by atoms with Gasteiger partial charge in [-0.15, -0.1) is 0 Å². The lowest BCUT2D eigenvalue weighted by atomic mass is 10.1. The summed E-state index contributed by atoms with van der Waals surface area (Å²) in [6.45, 7) is 3.32. The predicted molar refractivity (Wildman–Crippen MR) is 83.7 cm³/mol. The van der Waals surface area contributed by atoms with E-state index >= 15 is 0 Å². The zero-order valence-corrected chi connectivity index (χ0v) is 12.8. The molecule has 0 aliphatic carbocycles. The number of halogens is 1. The Morgan fingerprint density at radius 2 is 2.24 bits per heavy atom. The third-order valence-electron chi connectivity index (χ3n) is 3.43. The Morgan fingerprint density at radius 1 is 1.43 bits per heavy atom. The number of carbonyl (C=O) groups excluding carboxylic acids is 2. The molecule has 1 aromatic rings. The van der Waals surface area contributed by atoms with Crippen LogP contribution < -0.4 is 16.0 Å². The Balaban J connectivity index is 2.07. The second-order valence-corrected chi connectivity index (χ2v) is 5.53. The van der Waals surface area contributed by atoms with Crippen LogP contribution in [0.5, 0.6) is 0 Å². The molecule has 3 N–H and O–H groups in total. The van der Waals surface area contributed by atoms with Crippen molar-refractivity contribution in [2.24, 2.45) is 0 Å². The van der Waals surface area contributed by atoms with Gasteiger partial charge in [-0.3, -0.25) is 9.59 Å². The van der Waals surface area contributed by atoms with Gasteiger partial charge in [0.1, 0.15) is 0 Å². The van der Waals surface area contributed by atoms with E-state index in [0.29, 0.717) is 29.2 Å². The van der Waals surface area contributed by atoms with Gasteiger partial charge in [-0.2, -0.15) is 0 Å². The number of amides is 2. The van der Waals surface area contributed by atoms with Crippen LogP contribution >= 0.6 is 11.6 Å². The molecule has 21 heavy (non-hydrogen) atoms. The molecule has 0 bridgehead atoms. The van der Waals surface area contributed by atoms with Gasteiger partial charge in [0, 0.05) is 24.0 Å². The van der Waals surface area contributed by atoms with Crippen molar-refractivity contribution in [1.82, 2.24) is 10.6 Å². The molecule has 5 nitrogen and oxygen atoms in total. The van der Waals surface area contributed by atoms with E-state index in [1.807, 2.05) is 6.92 Å². The highest BCUT2D eigenvalue weighted by Gasteiger charge is 2.19. The van der Waals surface area contributed by atoms with E-state index in [4.69, 9.17) is 11.6 Å². The van der Waals surface area contributed by atoms with Crippen LogP contribution in [0.15, 0.2) is 18.2 Å². The van der Waals surface area contributed by atoms with Gasteiger partial charge in [-0.1, -0.05) is 11.6 Å². The van der Waals surface area contributed by atoms with E-state index in [1.165, 1.54) is 0 Å². The van der Waals surface area contributed by atoms with Crippen molar-refractivity contribution in [3.8, 4) is 0 Å². The van der Waals surface area contributed by atoms with E-state index in [0.717, 1.165) is 19.4 Å². The molecule has 1 fully saturated rings. The molecule has 114 valence electrons. The SMILES string of the molecule is CCNC(=O)c1cc(Cl)ccc1NC(=O)CC1CCCN1. The predicted octanol–water partition coefficient (Wildman–Crippen LogP) is 2.17. The summed E-state index contributed by atoms with van der Waals surface area (Å²) in [5.41, 5.74) is 0.880. The average molecular weight is 310 g/mol. The molecule has 1 aromatic carbocycles. The molecule has 1 unspecified atom stereocenters. The monoisotopic (exact) mass is 309 g/mol. The van der Waals surface area contributed by atoms with E-state index in [1.54, 1.807) is 18.2 Å². The molecule has 6 heteroatoms. The van der Waals surface area contributed by atoms with Crippen molar-refractivity contribution in [3.05, 3.63) is 28.8 Å². The number of rotatable bonds is 5. The maximum absolute atomic E-state index is 12.1. The van der Waals surface area contributed by atoms with E-state index in [9.17, 15) is 9.59 Å². The van der Waals surface area contributed by atoms with Crippen molar-refractivity contribution in [2.75, 3.05) is 18.4 Å². The van der Waals surface area contributed by atoms with Gasteiger partial charge in [-0.25, -0.2) is 0 Å². The molecule has 0 radical (unpaired) electrons. The summed E-state index contributed by atoms with van der Waals surface area (Å²) < 4.78 is 0. The first kappa shape index (κ1) is 15.8. The summed E-state index contributed by atoms with van der Waals surface area (Å²) >= 11 is 5.93. The minimum atomic E-state index is -0.241. The Labute approximate surface area is 129 Å². The summed E-state index contributed by atoms with van der Waals surface area (Å²) in [5, 5.41) is 9.26. The quantitative estimate of drug-likeness (QED) is 0.780. The first-order valence-corrected chi connectivity index (χ1v) is 7.59. The second-order valence-electron chi connectivity index (χ2n) is 5.09. The van der Waals surface area contributed by atoms with Crippen LogP contribution in [0.3, 0.4) is 0 Å². The van der Waals surface area contributed by atoms with Crippen molar-refractivity contribution in [3.63, 3.8) is 0 Å². The Hall–Kier alpha value is -1.59. The third-order valence-corrected chi connectivity index (χ3v) is 3.67. The lowest BCUT2D eigenvalue weighted by molar-refractivity contribution is -0.116. The fourth-order valence-electron chi connectivity index (χ4n) is 2.43. The van der Waals surface area contributed by atoms with Crippen LogP contribution in [0.1, 0.15) is 36.5 Å². The molecule has 1 atom stereocenters. The molecular weight excluding hydrogens is 290 g/mol. The molecule has 0 aromatic heterocycles. The van der Waals surface area contributed by atoms with Gasteiger partial charge >= 0.3 is 0 Å². The highest BCUT2D eigenvalue weighted by molar-refractivity contribution is 6.31. The standard InChI is InChI=1S/C15H20ClN3O2/c1-2-17-15(21)12-8-10(16)5-6-13(12)19-14(20)9-11-4-3-7-18-11/h5-6,8,11,18H,2-4,7,9H2,1H3,(H,17,21)(H,19,20). The number of hydrogen-bond acceptors (Lipinski definition) is 3. The van der Waals surface area contributed by atoms with E-state index in [-0.39, 0.29) is 17.9 Å². The minimum Gasteiger partial charge on any atom is -0.352 e. The first-order chi connectivity index (χ1) is 10.1. The van der Waals surface area contributed by atoms with Crippen LogP contribution in [0.4, 0.5) is 5.69 Å². The van der Waals surface area contributed by atoms with Gasteiger partial charge in [0.05, 0.1) is 11.3 Å². The molecule has 1 aliphatic heterocycles. The summed E-state index contributed by atoms with van der Waals surface area (Å²) in [7, 11) is 0. The fraction of sp³-hybridized carbons (Fsp3) is 0.467. The van der Waals surface area contributed by atoms with Crippen LogP contribution in [0.25, 0.3) is 0 Å². The number of nitrogens with one attached hydrogen (secondary N) is 3. The number of hydrogen-bond donors (Lipinski definition) is 3. The summed E-state index contributed by atoms with van der Waals surface area (Å²) in [4.78, 5) is 24.1. The maximum Gasteiger partial charge on any atom is 0.253 e. The van der Waals surface area contributed by atoms with Gasteiger partial charge in [0.2, 0.25) is 5.91 Å². The number of carbonyl (C=O) groups is 2. The first-order valence-electron chi connectivity index (χ1n) is 7.21. The number of benzene rings is 1. The molecular formula is C15H20ClN3O2. The van der Waals surface area contributed by atoms with Gasteiger partial charge in [0.25, 0.3) is 5.91 Å². The highest BCUT2D eigenvalue weighted by Crippen LogP contribution is 2.21. The molecule has 1 saturated heterocycles. The number of anilines is 1. The highest BCUT2D eigenvalue weighted by atomic mass is 35.5. The molecule has 2 rings (SSSR count). The zero-order chi connectivity index (χ0) is 15.2. The molecule has 0 saturated carbocycles. The van der Waals surface area contributed by atoms with Crippen molar-refractivity contribution in [2.45, 2.75) is 32.2 Å². The Morgan fingerprint density at radius 3 is 2.90 bits per heavy atom. The zero-order valence-electron chi connectivity index (χ0n) is 12.0. The second kappa shape index (κ2) is 7.43. The normalized spacial score (nSPS) is 17.5. The Bertz CT molecular complexity index is 528. The molecule has 1 heterocycles. The third kappa shape index (κ3) is 4.44.